The van der Waals surface area contributed by atoms with E-state index in [2.05, 4.69) is 72.7 Å². The first kappa shape index (κ1) is 17.2. The fourth-order valence-electron chi connectivity index (χ4n) is 2.55. The lowest BCUT2D eigenvalue weighted by molar-refractivity contribution is 0.750. The molecule has 0 fully saturated rings. The highest BCUT2D eigenvalue weighted by Crippen LogP contribution is 2.27. The molecule has 0 spiro atoms. The Bertz CT molecular complexity index is 908. The summed E-state index contributed by atoms with van der Waals surface area (Å²) < 4.78 is 1.71. The molecule has 0 bridgehead atoms. The van der Waals surface area contributed by atoms with Crippen molar-refractivity contribution in [2.75, 3.05) is 0 Å². The first-order chi connectivity index (χ1) is 12.1. The maximum atomic E-state index is 9.55. The SMILES string of the molecule is Cc1ccc(CC(C#N)Sc2nnnn2-c2cccc(C)c2C)cc1. The van der Waals surface area contributed by atoms with Gasteiger partial charge in [0.2, 0.25) is 5.16 Å². The van der Waals surface area contributed by atoms with E-state index in [9.17, 15) is 5.26 Å². The number of rotatable bonds is 5. The van der Waals surface area contributed by atoms with Crippen LogP contribution < -0.4 is 0 Å². The maximum absolute atomic E-state index is 9.55. The van der Waals surface area contributed by atoms with Crippen molar-refractivity contribution in [1.29, 1.82) is 5.26 Å². The van der Waals surface area contributed by atoms with E-state index < -0.39 is 0 Å². The van der Waals surface area contributed by atoms with Crippen molar-refractivity contribution in [3.8, 4) is 11.8 Å². The van der Waals surface area contributed by atoms with E-state index >= 15 is 0 Å². The Morgan fingerprint density at radius 2 is 1.88 bits per heavy atom. The summed E-state index contributed by atoms with van der Waals surface area (Å²) in [5, 5.41) is 22.0. The fraction of sp³-hybridized carbons (Fsp3) is 0.263. The number of nitrogens with zero attached hydrogens (tertiary/aromatic N) is 5. The zero-order chi connectivity index (χ0) is 17.8. The highest BCUT2D eigenvalue weighted by atomic mass is 32.2. The fourth-order valence-corrected chi connectivity index (χ4v) is 3.45. The van der Waals surface area contributed by atoms with Crippen molar-refractivity contribution >= 4 is 11.8 Å². The van der Waals surface area contributed by atoms with E-state index in [4.69, 9.17) is 0 Å². The number of hydrogen-bond donors (Lipinski definition) is 0. The number of nitriles is 1. The van der Waals surface area contributed by atoms with Crippen LogP contribution in [0, 0.1) is 32.1 Å². The van der Waals surface area contributed by atoms with Crippen molar-refractivity contribution in [3.63, 3.8) is 0 Å². The maximum Gasteiger partial charge on any atom is 0.215 e. The molecule has 25 heavy (non-hydrogen) atoms. The lowest BCUT2D eigenvalue weighted by atomic mass is 10.1. The van der Waals surface area contributed by atoms with Gasteiger partial charge in [-0.2, -0.15) is 9.94 Å². The normalized spacial score (nSPS) is 11.9. The van der Waals surface area contributed by atoms with Crippen molar-refractivity contribution < 1.29 is 0 Å². The summed E-state index contributed by atoms with van der Waals surface area (Å²) in [6, 6.07) is 16.7. The summed E-state index contributed by atoms with van der Waals surface area (Å²) in [6.45, 7) is 6.17. The average molecular weight is 349 g/mol. The monoisotopic (exact) mass is 349 g/mol. The van der Waals surface area contributed by atoms with Crippen molar-refractivity contribution in [2.45, 2.75) is 37.6 Å². The molecule has 126 valence electrons. The molecule has 3 rings (SSSR count). The number of thioether (sulfide) groups is 1. The highest BCUT2D eigenvalue weighted by molar-refractivity contribution is 8.00. The summed E-state index contributed by atoms with van der Waals surface area (Å²) in [7, 11) is 0. The minimum absolute atomic E-state index is 0.252. The van der Waals surface area contributed by atoms with Crippen LogP contribution >= 0.6 is 11.8 Å². The number of aromatic nitrogens is 4. The number of benzene rings is 2. The summed E-state index contributed by atoms with van der Waals surface area (Å²) in [5.74, 6) is 0. The molecule has 6 heteroatoms. The second kappa shape index (κ2) is 7.49. The molecule has 0 amide bonds. The lowest BCUT2D eigenvalue weighted by Gasteiger charge is -2.11. The lowest BCUT2D eigenvalue weighted by Crippen LogP contribution is -2.08. The third-order valence-electron chi connectivity index (χ3n) is 4.18. The van der Waals surface area contributed by atoms with Gasteiger partial charge in [0, 0.05) is 0 Å². The van der Waals surface area contributed by atoms with Gasteiger partial charge in [0.05, 0.1) is 11.8 Å². The van der Waals surface area contributed by atoms with Gasteiger partial charge in [0.25, 0.3) is 0 Å². The van der Waals surface area contributed by atoms with Crippen molar-refractivity contribution in [1.82, 2.24) is 20.2 Å². The van der Waals surface area contributed by atoms with Crippen LogP contribution in [0.4, 0.5) is 0 Å². The van der Waals surface area contributed by atoms with E-state index in [1.54, 1.807) is 4.68 Å². The van der Waals surface area contributed by atoms with Gasteiger partial charge in [-0.05, 0) is 60.4 Å². The van der Waals surface area contributed by atoms with Gasteiger partial charge in [0.15, 0.2) is 0 Å². The van der Waals surface area contributed by atoms with Crippen LogP contribution in [-0.4, -0.2) is 25.5 Å². The minimum atomic E-state index is -0.252. The minimum Gasteiger partial charge on any atom is -0.197 e. The summed E-state index contributed by atoms with van der Waals surface area (Å²) in [4.78, 5) is 0. The molecule has 1 aromatic heterocycles. The Balaban J connectivity index is 1.83. The molecule has 0 radical (unpaired) electrons. The van der Waals surface area contributed by atoms with E-state index in [1.165, 1.54) is 22.9 Å². The van der Waals surface area contributed by atoms with Crippen LogP contribution in [0.25, 0.3) is 5.69 Å². The smallest absolute Gasteiger partial charge is 0.197 e. The number of aryl methyl sites for hydroxylation is 2. The molecule has 0 aliphatic heterocycles. The van der Waals surface area contributed by atoms with Gasteiger partial charge in [-0.1, -0.05) is 53.7 Å². The van der Waals surface area contributed by atoms with Crippen molar-refractivity contribution in [2.24, 2.45) is 0 Å². The molecule has 1 atom stereocenters. The van der Waals surface area contributed by atoms with Gasteiger partial charge in [-0.25, -0.2) is 0 Å². The molecule has 1 heterocycles. The molecule has 0 saturated heterocycles. The van der Waals surface area contributed by atoms with Gasteiger partial charge in [0.1, 0.15) is 5.25 Å². The Morgan fingerprint density at radius 1 is 1.12 bits per heavy atom. The third-order valence-corrected chi connectivity index (χ3v) is 5.20. The second-order valence-electron chi connectivity index (χ2n) is 6.02. The first-order valence-electron chi connectivity index (χ1n) is 8.05. The predicted molar refractivity (Wildman–Crippen MR) is 98.8 cm³/mol. The Kier molecular flexibility index (Phi) is 5.15. The van der Waals surface area contributed by atoms with E-state index in [1.807, 2.05) is 12.1 Å². The van der Waals surface area contributed by atoms with Gasteiger partial charge in [-0.15, -0.1) is 5.10 Å². The molecule has 0 N–H and O–H groups in total. The standard InChI is InChI=1S/C19H19N5S/c1-13-7-9-16(10-8-13)11-17(12-20)25-19-21-22-23-24(19)18-6-4-5-14(2)15(18)3/h4-10,17H,11H2,1-3H3. The first-order valence-corrected chi connectivity index (χ1v) is 8.93. The van der Waals surface area contributed by atoms with Gasteiger partial charge in [-0.3, -0.25) is 0 Å². The topological polar surface area (TPSA) is 67.4 Å². The molecule has 1 unspecified atom stereocenters. The molecular weight excluding hydrogens is 330 g/mol. The van der Waals surface area contributed by atoms with Crippen LogP contribution in [0.1, 0.15) is 22.3 Å². The summed E-state index contributed by atoms with van der Waals surface area (Å²) >= 11 is 1.40. The zero-order valence-electron chi connectivity index (χ0n) is 14.5. The Hall–Kier alpha value is -2.65. The summed E-state index contributed by atoms with van der Waals surface area (Å²) in [5.41, 5.74) is 5.60. The number of hydrogen-bond acceptors (Lipinski definition) is 5. The molecule has 5 nitrogen and oxygen atoms in total. The van der Waals surface area contributed by atoms with E-state index in [0.717, 1.165) is 16.8 Å². The molecule has 0 aliphatic rings. The molecule has 0 aliphatic carbocycles. The Labute approximate surface area is 151 Å². The number of tetrazole rings is 1. The highest BCUT2D eigenvalue weighted by Gasteiger charge is 2.18. The Morgan fingerprint density at radius 3 is 2.60 bits per heavy atom. The average Bonchev–Trinajstić information content (AvgIpc) is 3.06. The summed E-state index contributed by atoms with van der Waals surface area (Å²) in [6.07, 6.45) is 0.654. The molecule has 3 aromatic rings. The van der Waals surface area contributed by atoms with Gasteiger partial charge >= 0.3 is 0 Å². The zero-order valence-corrected chi connectivity index (χ0v) is 15.3. The predicted octanol–water partition coefficient (Wildman–Crippen LogP) is 3.81. The van der Waals surface area contributed by atoms with Crippen LogP contribution in [0.2, 0.25) is 0 Å². The van der Waals surface area contributed by atoms with Crippen LogP contribution in [0.5, 0.6) is 0 Å². The van der Waals surface area contributed by atoms with Crippen LogP contribution in [0.3, 0.4) is 0 Å². The van der Waals surface area contributed by atoms with Crippen molar-refractivity contribution in [3.05, 3.63) is 64.7 Å². The van der Waals surface area contributed by atoms with Crippen LogP contribution in [-0.2, 0) is 6.42 Å². The molecule has 0 saturated carbocycles. The molecular formula is C19H19N5S. The second-order valence-corrected chi connectivity index (χ2v) is 7.19. The quantitative estimate of drug-likeness (QED) is 0.655. The third kappa shape index (κ3) is 3.89. The molecule has 2 aromatic carbocycles. The van der Waals surface area contributed by atoms with Gasteiger partial charge < -0.3 is 0 Å². The van der Waals surface area contributed by atoms with E-state index in [-0.39, 0.29) is 5.25 Å². The van der Waals surface area contributed by atoms with Crippen LogP contribution in [0.15, 0.2) is 47.6 Å². The van der Waals surface area contributed by atoms with E-state index in [0.29, 0.717) is 11.6 Å². The largest absolute Gasteiger partial charge is 0.215 e.